The van der Waals surface area contributed by atoms with Gasteiger partial charge in [0.1, 0.15) is 0 Å². The van der Waals surface area contributed by atoms with Crippen molar-refractivity contribution in [1.82, 2.24) is 10.3 Å². The highest BCUT2D eigenvalue weighted by molar-refractivity contribution is 5.86. The Bertz CT molecular complexity index is 713. The fraction of sp³-hybridized carbons (Fsp3) is 0.263. The first kappa shape index (κ1) is 13.9. The molecule has 0 aliphatic carbocycles. The number of benzene rings is 2. The minimum Gasteiger partial charge on any atom is -0.361 e. The standard InChI is InChI=1S/C19H22N2/c1-14-7-6-10-17-18(13-21-19(14)17)16(11-12-20-2)15-8-4-3-5-9-15/h3-10,13,16,20-21H,11-12H2,1-2H3. The van der Waals surface area contributed by atoms with Gasteiger partial charge in [0.25, 0.3) is 0 Å². The molecule has 0 spiro atoms. The van der Waals surface area contributed by atoms with Crippen molar-refractivity contribution in [2.75, 3.05) is 13.6 Å². The SMILES string of the molecule is CNCCC(c1ccccc1)c1c[nH]c2c(C)cccc12. The minimum absolute atomic E-state index is 0.425. The van der Waals surface area contributed by atoms with Crippen LogP contribution in [-0.2, 0) is 0 Å². The summed E-state index contributed by atoms with van der Waals surface area (Å²) in [5.74, 6) is 0.425. The Balaban J connectivity index is 2.08. The Kier molecular flexibility index (Phi) is 4.07. The molecule has 0 bridgehead atoms. The molecule has 3 aromatic rings. The summed E-state index contributed by atoms with van der Waals surface area (Å²) in [7, 11) is 2.02. The van der Waals surface area contributed by atoms with Crippen molar-refractivity contribution in [1.29, 1.82) is 0 Å². The maximum absolute atomic E-state index is 3.46. The Morgan fingerprint density at radius 2 is 1.86 bits per heavy atom. The predicted molar refractivity (Wildman–Crippen MR) is 89.9 cm³/mol. The molecule has 0 saturated carbocycles. The summed E-state index contributed by atoms with van der Waals surface area (Å²) in [4.78, 5) is 3.46. The van der Waals surface area contributed by atoms with Crippen LogP contribution in [0.1, 0.15) is 29.0 Å². The predicted octanol–water partition coefficient (Wildman–Crippen LogP) is 4.22. The van der Waals surface area contributed by atoms with Crippen LogP contribution in [0.4, 0.5) is 0 Å². The lowest BCUT2D eigenvalue weighted by Crippen LogP contribution is -2.13. The number of nitrogens with one attached hydrogen (secondary N) is 2. The molecule has 1 aromatic heterocycles. The van der Waals surface area contributed by atoms with Crippen LogP contribution in [-0.4, -0.2) is 18.6 Å². The van der Waals surface area contributed by atoms with Gasteiger partial charge in [0.15, 0.2) is 0 Å². The molecule has 1 atom stereocenters. The zero-order valence-electron chi connectivity index (χ0n) is 12.7. The smallest absolute Gasteiger partial charge is 0.0486 e. The van der Waals surface area contributed by atoms with Gasteiger partial charge in [0, 0.05) is 23.0 Å². The zero-order valence-corrected chi connectivity index (χ0v) is 12.7. The monoisotopic (exact) mass is 278 g/mol. The fourth-order valence-corrected chi connectivity index (χ4v) is 3.09. The molecule has 3 rings (SSSR count). The number of aromatic nitrogens is 1. The van der Waals surface area contributed by atoms with Crippen LogP contribution in [0.15, 0.2) is 54.7 Å². The van der Waals surface area contributed by atoms with Crippen LogP contribution in [0.5, 0.6) is 0 Å². The maximum Gasteiger partial charge on any atom is 0.0486 e. The summed E-state index contributed by atoms with van der Waals surface area (Å²) in [6.07, 6.45) is 3.28. The average Bonchev–Trinajstić information content (AvgIpc) is 2.94. The molecule has 2 nitrogen and oxygen atoms in total. The molecule has 0 aliphatic heterocycles. The Labute approximate surface area is 126 Å². The average molecular weight is 278 g/mol. The third kappa shape index (κ3) is 2.72. The van der Waals surface area contributed by atoms with E-state index < -0.39 is 0 Å². The molecule has 0 radical (unpaired) electrons. The van der Waals surface area contributed by atoms with Gasteiger partial charge in [-0.05, 0) is 43.6 Å². The van der Waals surface area contributed by atoms with Crippen molar-refractivity contribution >= 4 is 10.9 Å². The van der Waals surface area contributed by atoms with Crippen LogP contribution in [0.25, 0.3) is 10.9 Å². The zero-order chi connectivity index (χ0) is 14.7. The highest BCUT2D eigenvalue weighted by Crippen LogP contribution is 2.33. The van der Waals surface area contributed by atoms with Crippen LogP contribution in [0.3, 0.4) is 0 Å². The Morgan fingerprint density at radius 3 is 2.62 bits per heavy atom. The van der Waals surface area contributed by atoms with E-state index in [4.69, 9.17) is 0 Å². The summed E-state index contributed by atoms with van der Waals surface area (Å²) in [5, 5.41) is 4.63. The van der Waals surface area contributed by atoms with Crippen molar-refractivity contribution < 1.29 is 0 Å². The van der Waals surface area contributed by atoms with E-state index in [1.54, 1.807) is 0 Å². The molecule has 2 N–H and O–H groups in total. The van der Waals surface area contributed by atoms with E-state index in [-0.39, 0.29) is 0 Å². The van der Waals surface area contributed by atoms with E-state index >= 15 is 0 Å². The van der Waals surface area contributed by atoms with Crippen LogP contribution in [0.2, 0.25) is 0 Å². The van der Waals surface area contributed by atoms with Gasteiger partial charge in [0.2, 0.25) is 0 Å². The van der Waals surface area contributed by atoms with Crippen molar-refractivity contribution in [2.45, 2.75) is 19.3 Å². The molecule has 2 aromatic carbocycles. The number of aromatic amines is 1. The summed E-state index contributed by atoms with van der Waals surface area (Å²) >= 11 is 0. The van der Waals surface area contributed by atoms with Crippen LogP contribution < -0.4 is 5.32 Å². The number of H-pyrrole nitrogens is 1. The summed E-state index contributed by atoms with van der Waals surface area (Å²) in [6.45, 7) is 3.17. The topological polar surface area (TPSA) is 27.8 Å². The number of rotatable bonds is 5. The lowest BCUT2D eigenvalue weighted by molar-refractivity contribution is 0.664. The van der Waals surface area contributed by atoms with Crippen molar-refractivity contribution in [2.24, 2.45) is 0 Å². The summed E-state index contributed by atoms with van der Waals surface area (Å²) in [6, 6.07) is 17.3. The number of hydrogen-bond acceptors (Lipinski definition) is 1. The fourth-order valence-electron chi connectivity index (χ4n) is 3.09. The van der Waals surface area contributed by atoms with Gasteiger partial charge in [-0.3, -0.25) is 0 Å². The Hall–Kier alpha value is -2.06. The molecule has 108 valence electrons. The normalized spacial score (nSPS) is 12.7. The second kappa shape index (κ2) is 6.15. The largest absolute Gasteiger partial charge is 0.361 e. The first-order chi connectivity index (χ1) is 10.3. The quantitative estimate of drug-likeness (QED) is 0.718. The lowest BCUT2D eigenvalue weighted by Gasteiger charge is -2.17. The van der Waals surface area contributed by atoms with Crippen LogP contribution >= 0.6 is 0 Å². The van der Waals surface area contributed by atoms with E-state index in [0.717, 1.165) is 13.0 Å². The molecule has 2 heteroatoms. The van der Waals surface area contributed by atoms with Crippen LogP contribution in [0, 0.1) is 6.92 Å². The molecular formula is C19H22N2. The van der Waals surface area contributed by atoms with E-state index in [9.17, 15) is 0 Å². The number of aryl methyl sites for hydroxylation is 1. The first-order valence-electron chi connectivity index (χ1n) is 7.57. The van der Waals surface area contributed by atoms with E-state index in [1.165, 1.54) is 27.6 Å². The van der Waals surface area contributed by atoms with Gasteiger partial charge < -0.3 is 10.3 Å². The highest BCUT2D eigenvalue weighted by Gasteiger charge is 2.17. The second-order valence-corrected chi connectivity index (χ2v) is 5.60. The third-order valence-corrected chi connectivity index (χ3v) is 4.22. The number of para-hydroxylation sites is 1. The molecule has 21 heavy (non-hydrogen) atoms. The van der Waals surface area contributed by atoms with Crippen molar-refractivity contribution in [3.8, 4) is 0 Å². The van der Waals surface area contributed by atoms with Gasteiger partial charge in [-0.2, -0.15) is 0 Å². The summed E-state index contributed by atoms with van der Waals surface area (Å²) < 4.78 is 0. The highest BCUT2D eigenvalue weighted by atomic mass is 14.8. The molecule has 1 unspecified atom stereocenters. The second-order valence-electron chi connectivity index (χ2n) is 5.60. The minimum atomic E-state index is 0.425. The van der Waals surface area contributed by atoms with E-state index in [1.807, 2.05) is 7.05 Å². The maximum atomic E-state index is 3.46. The number of hydrogen-bond donors (Lipinski definition) is 2. The molecule has 0 saturated heterocycles. The van der Waals surface area contributed by atoms with Crippen molar-refractivity contribution in [3.63, 3.8) is 0 Å². The van der Waals surface area contributed by atoms with E-state index in [0.29, 0.717) is 5.92 Å². The Morgan fingerprint density at radius 1 is 1.05 bits per heavy atom. The lowest BCUT2D eigenvalue weighted by atomic mass is 9.88. The van der Waals surface area contributed by atoms with E-state index in [2.05, 4.69) is 72.0 Å². The van der Waals surface area contributed by atoms with Gasteiger partial charge in [0.05, 0.1) is 0 Å². The molecule has 0 amide bonds. The molecular weight excluding hydrogens is 256 g/mol. The first-order valence-corrected chi connectivity index (χ1v) is 7.57. The molecule has 0 aliphatic rings. The van der Waals surface area contributed by atoms with Crippen molar-refractivity contribution in [3.05, 3.63) is 71.4 Å². The number of fused-ring (bicyclic) bond motifs is 1. The van der Waals surface area contributed by atoms with Gasteiger partial charge in [-0.25, -0.2) is 0 Å². The summed E-state index contributed by atoms with van der Waals surface area (Å²) in [5.41, 5.74) is 5.35. The molecule has 0 fully saturated rings. The van der Waals surface area contributed by atoms with Gasteiger partial charge in [-0.1, -0.05) is 48.5 Å². The molecule has 1 heterocycles. The van der Waals surface area contributed by atoms with Gasteiger partial charge in [-0.15, -0.1) is 0 Å². The van der Waals surface area contributed by atoms with Gasteiger partial charge >= 0.3 is 0 Å². The third-order valence-electron chi connectivity index (χ3n) is 4.22.